The number of hydrogen-bond acceptors (Lipinski definition) is 4. The number of halogens is 2. The quantitative estimate of drug-likeness (QED) is 0.918. The number of hydrazine groups is 1. The van der Waals surface area contributed by atoms with Gasteiger partial charge in [0.15, 0.2) is 0 Å². The number of rotatable bonds is 4. The van der Waals surface area contributed by atoms with E-state index in [0.717, 1.165) is 5.56 Å². The molecular weight excluding hydrogens is 319 g/mol. The highest BCUT2D eigenvalue weighted by atomic mass is 35.5. The van der Waals surface area contributed by atoms with E-state index in [1.165, 1.54) is 11.8 Å². The van der Waals surface area contributed by atoms with E-state index in [0.29, 0.717) is 47.9 Å². The number of thioether (sulfide) groups is 1. The summed E-state index contributed by atoms with van der Waals surface area (Å²) in [5.74, 6) is 1.16. The first-order valence-corrected chi connectivity index (χ1v) is 8.21. The zero-order valence-electron chi connectivity index (χ0n) is 10.9. The van der Waals surface area contributed by atoms with E-state index < -0.39 is 0 Å². The molecule has 0 aliphatic carbocycles. The van der Waals surface area contributed by atoms with Crippen molar-refractivity contribution >= 4 is 40.9 Å². The first kappa shape index (κ1) is 15.9. The van der Waals surface area contributed by atoms with Crippen LogP contribution in [0.1, 0.15) is 5.56 Å². The summed E-state index contributed by atoms with van der Waals surface area (Å²) < 4.78 is 5.28. The van der Waals surface area contributed by atoms with Crippen LogP contribution in [0.2, 0.25) is 10.0 Å². The minimum atomic E-state index is 0.0607. The normalized spacial score (nSPS) is 16.0. The molecule has 0 bridgehead atoms. The molecule has 2 rings (SSSR count). The summed E-state index contributed by atoms with van der Waals surface area (Å²) in [6.07, 6.45) is 0. The van der Waals surface area contributed by atoms with Crippen LogP contribution in [0.5, 0.6) is 0 Å². The number of amides is 1. The Labute approximate surface area is 132 Å². The van der Waals surface area contributed by atoms with Gasteiger partial charge < -0.3 is 4.74 Å². The Morgan fingerprint density at radius 2 is 2.25 bits per heavy atom. The van der Waals surface area contributed by atoms with Crippen LogP contribution >= 0.6 is 35.0 Å². The Morgan fingerprint density at radius 1 is 1.40 bits per heavy atom. The van der Waals surface area contributed by atoms with Gasteiger partial charge in [-0.05, 0) is 17.7 Å². The molecule has 1 aliphatic rings. The van der Waals surface area contributed by atoms with E-state index >= 15 is 0 Å². The van der Waals surface area contributed by atoms with Gasteiger partial charge in [-0.3, -0.25) is 9.80 Å². The van der Waals surface area contributed by atoms with Crippen LogP contribution in [0.15, 0.2) is 18.2 Å². The van der Waals surface area contributed by atoms with Gasteiger partial charge in [0, 0.05) is 22.3 Å². The SMILES string of the molecule is O=C(CSCc1ccc(Cl)cc1Cl)N1CCOCCN1. The lowest BCUT2D eigenvalue weighted by atomic mass is 10.2. The molecule has 1 N–H and O–H groups in total. The maximum absolute atomic E-state index is 12.0. The van der Waals surface area contributed by atoms with E-state index in [-0.39, 0.29) is 5.91 Å². The van der Waals surface area contributed by atoms with E-state index in [4.69, 9.17) is 27.9 Å². The smallest absolute Gasteiger partial charge is 0.246 e. The number of nitrogens with zero attached hydrogens (tertiary/aromatic N) is 1. The molecule has 1 heterocycles. The molecule has 0 spiro atoms. The molecule has 1 saturated heterocycles. The molecule has 110 valence electrons. The molecule has 7 heteroatoms. The molecule has 1 aromatic carbocycles. The molecule has 20 heavy (non-hydrogen) atoms. The number of carbonyl (C=O) groups is 1. The van der Waals surface area contributed by atoms with Gasteiger partial charge in [-0.1, -0.05) is 29.3 Å². The largest absolute Gasteiger partial charge is 0.378 e. The molecule has 0 saturated carbocycles. The summed E-state index contributed by atoms with van der Waals surface area (Å²) >= 11 is 13.5. The van der Waals surface area contributed by atoms with Crippen LogP contribution < -0.4 is 5.43 Å². The van der Waals surface area contributed by atoms with Crippen molar-refractivity contribution in [1.29, 1.82) is 0 Å². The third kappa shape index (κ3) is 4.82. The lowest BCUT2D eigenvalue weighted by Gasteiger charge is -2.20. The van der Waals surface area contributed by atoms with Gasteiger partial charge in [0.05, 0.1) is 25.5 Å². The summed E-state index contributed by atoms with van der Waals surface area (Å²) in [4.78, 5) is 12.0. The van der Waals surface area contributed by atoms with Crippen molar-refractivity contribution in [2.45, 2.75) is 5.75 Å². The van der Waals surface area contributed by atoms with Crippen LogP contribution in [-0.4, -0.2) is 43.0 Å². The van der Waals surface area contributed by atoms with Gasteiger partial charge in [0.25, 0.3) is 0 Å². The van der Waals surface area contributed by atoms with Gasteiger partial charge in [0.2, 0.25) is 5.91 Å². The summed E-state index contributed by atoms with van der Waals surface area (Å²) in [7, 11) is 0. The second-order valence-electron chi connectivity index (χ2n) is 4.29. The van der Waals surface area contributed by atoms with Gasteiger partial charge in [0.1, 0.15) is 0 Å². The summed E-state index contributed by atoms with van der Waals surface area (Å²) in [6.45, 7) is 2.46. The number of nitrogens with one attached hydrogen (secondary N) is 1. The van der Waals surface area contributed by atoms with Crippen LogP contribution in [0, 0.1) is 0 Å². The lowest BCUT2D eigenvalue weighted by molar-refractivity contribution is -0.131. The highest BCUT2D eigenvalue weighted by molar-refractivity contribution is 7.99. The molecule has 1 fully saturated rings. The van der Waals surface area contributed by atoms with Crippen molar-refractivity contribution in [3.63, 3.8) is 0 Å². The molecule has 1 aliphatic heterocycles. The molecule has 0 atom stereocenters. The average molecular weight is 335 g/mol. The Balaban J connectivity index is 1.78. The second kappa shape index (κ2) is 8.10. The molecule has 1 amide bonds. The van der Waals surface area contributed by atoms with Crippen LogP contribution in [0.3, 0.4) is 0 Å². The Morgan fingerprint density at radius 3 is 3.05 bits per heavy atom. The van der Waals surface area contributed by atoms with Gasteiger partial charge >= 0.3 is 0 Å². The van der Waals surface area contributed by atoms with Crippen LogP contribution in [0.25, 0.3) is 0 Å². The Hall–Kier alpha value is -0.460. The maximum atomic E-state index is 12.0. The van der Waals surface area contributed by atoms with Gasteiger partial charge in [-0.2, -0.15) is 0 Å². The van der Waals surface area contributed by atoms with Crippen molar-refractivity contribution in [2.24, 2.45) is 0 Å². The zero-order chi connectivity index (χ0) is 14.4. The number of carbonyl (C=O) groups excluding carboxylic acids is 1. The molecule has 1 aromatic rings. The fourth-order valence-corrected chi connectivity index (χ4v) is 3.23. The van der Waals surface area contributed by atoms with Gasteiger partial charge in [-0.25, -0.2) is 5.43 Å². The zero-order valence-corrected chi connectivity index (χ0v) is 13.2. The molecule has 0 aromatic heterocycles. The predicted octanol–water partition coefficient (Wildman–Crippen LogP) is 2.59. The molecule has 0 unspecified atom stereocenters. The summed E-state index contributed by atoms with van der Waals surface area (Å²) in [5, 5.41) is 2.89. The van der Waals surface area contributed by atoms with Crippen LogP contribution in [0.4, 0.5) is 0 Å². The Kier molecular flexibility index (Phi) is 6.45. The highest BCUT2D eigenvalue weighted by Crippen LogP contribution is 2.24. The number of benzene rings is 1. The van der Waals surface area contributed by atoms with Crippen molar-refractivity contribution in [3.8, 4) is 0 Å². The van der Waals surface area contributed by atoms with Crippen LogP contribution in [-0.2, 0) is 15.3 Å². The minimum absolute atomic E-state index is 0.0607. The number of ether oxygens (including phenoxy) is 1. The lowest BCUT2D eigenvalue weighted by Crippen LogP contribution is -2.44. The predicted molar refractivity (Wildman–Crippen MR) is 83.2 cm³/mol. The molecule has 0 radical (unpaired) electrons. The second-order valence-corrected chi connectivity index (χ2v) is 6.12. The third-order valence-corrected chi connectivity index (χ3v) is 4.36. The molecule has 4 nitrogen and oxygen atoms in total. The van der Waals surface area contributed by atoms with E-state index in [2.05, 4.69) is 5.43 Å². The van der Waals surface area contributed by atoms with E-state index in [9.17, 15) is 4.79 Å². The van der Waals surface area contributed by atoms with Crippen molar-refractivity contribution < 1.29 is 9.53 Å². The topological polar surface area (TPSA) is 41.6 Å². The van der Waals surface area contributed by atoms with E-state index in [1.54, 1.807) is 17.1 Å². The van der Waals surface area contributed by atoms with Crippen molar-refractivity contribution in [2.75, 3.05) is 32.1 Å². The summed E-state index contributed by atoms with van der Waals surface area (Å²) in [6, 6.07) is 5.41. The standard InChI is InChI=1S/C13H16Cl2N2O2S/c14-11-2-1-10(12(15)7-11)8-20-9-13(18)17-4-6-19-5-3-16-17/h1-2,7,16H,3-6,8-9H2. The molecular formula is C13H16Cl2N2O2S. The van der Waals surface area contributed by atoms with Crippen molar-refractivity contribution in [1.82, 2.24) is 10.4 Å². The first-order valence-electron chi connectivity index (χ1n) is 6.30. The van der Waals surface area contributed by atoms with E-state index in [1.807, 2.05) is 6.07 Å². The Bertz CT molecular complexity index is 466. The maximum Gasteiger partial charge on any atom is 0.246 e. The highest BCUT2D eigenvalue weighted by Gasteiger charge is 2.15. The number of hydrogen-bond donors (Lipinski definition) is 1. The van der Waals surface area contributed by atoms with Crippen molar-refractivity contribution in [3.05, 3.63) is 33.8 Å². The fourth-order valence-electron chi connectivity index (χ4n) is 1.77. The average Bonchev–Trinajstić information content (AvgIpc) is 2.70. The monoisotopic (exact) mass is 334 g/mol. The summed E-state index contributed by atoms with van der Waals surface area (Å²) in [5.41, 5.74) is 4.04. The van der Waals surface area contributed by atoms with Gasteiger partial charge in [-0.15, -0.1) is 11.8 Å². The third-order valence-electron chi connectivity index (χ3n) is 2.81. The fraction of sp³-hybridized carbons (Fsp3) is 0.462. The minimum Gasteiger partial charge on any atom is -0.378 e. The first-order chi connectivity index (χ1) is 9.66.